The van der Waals surface area contributed by atoms with E-state index in [1.807, 2.05) is 18.2 Å². The van der Waals surface area contributed by atoms with Crippen molar-refractivity contribution >= 4 is 0 Å². The Morgan fingerprint density at radius 2 is 2.17 bits per heavy atom. The molecule has 0 bridgehead atoms. The minimum atomic E-state index is -0.239. The first-order valence-corrected chi connectivity index (χ1v) is 7.12. The lowest BCUT2D eigenvalue weighted by Gasteiger charge is -2.30. The standard InChI is InChI=1S/C16H24O2/c1-3-6-12(2)11-15(17)13-9-10-18-16-8-5-4-7-14(13)16/h4-5,7-8,12-13,15,17H,3,6,9-11H2,1-2H3. The van der Waals surface area contributed by atoms with E-state index in [9.17, 15) is 5.11 Å². The molecule has 3 atom stereocenters. The summed E-state index contributed by atoms with van der Waals surface area (Å²) < 4.78 is 5.65. The lowest BCUT2D eigenvalue weighted by Crippen LogP contribution is -2.26. The Hall–Kier alpha value is -1.02. The van der Waals surface area contributed by atoms with Crippen molar-refractivity contribution < 1.29 is 9.84 Å². The van der Waals surface area contributed by atoms with Crippen molar-refractivity contribution in [2.75, 3.05) is 6.61 Å². The summed E-state index contributed by atoms with van der Waals surface area (Å²) in [6.07, 6.45) is 3.97. The SMILES string of the molecule is CCCC(C)CC(O)C1CCOc2ccccc21. The first kappa shape index (κ1) is 13.4. The van der Waals surface area contributed by atoms with Crippen LogP contribution >= 0.6 is 0 Å². The van der Waals surface area contributed by atoms with Gasteiger partial charge in [0, 0.05) is 5.92 Å². The van der Waals surface area contributed by atoms with Gasteiger partial charge in [0.2, 0.25) is 0 Å². The highest BCUT2D eigenvalue weighted by molar-refractivity contribution is 5.38. The van der Waals surface area contributed by atoms with Gasteiger partial charge in [-0.1, -0.05) is 44.9 Å². The summed E-state index contributed by atoms with van der Waals surface area (Å²) in [7, 11) is 0. The smallest absolute Gasteiger partial charge is 0.122 e. The Morgan fingerprint density at radius 1 is 1.39 bits per heavy atom. The van der Waals surface area contributed by atoms with Crippen molar-refractivity contribution in [2.45, 2.75) is 51.6 Å². The van der Waals surface area contributed by atoms with E-state index in [0.717, 1.165) is 25.2 Å². The molecule has 1 aliphatic rings. The van der Waals surface area contributed by atoms with E-state index in [-0.39, 0.29) is 12.0 Å². The second-order valence-corrected chi connectivity index (χ2v) is 5.48. The van der Waals surface area contributed by atoms with Crippen LogP contribution in [0.3, 0.4) is 0 Å². The summed E-state index contributed by atoms with van der Waals surface area (Å²) in [5, 5.41) is 10.5. The largest absolute Gasteiger partial charge is 0.493 e. The number of benzene rings is 1. The number of hydrogen-bond acceptors (Lipinski definition) is 2. The molecule has 1 aromatic carbocycles. The molecule has 0 aromatic heterocycles. The Morgan fingerprint density at radius 3 is 2.94 bits per heavy atom. The van der Waals surface area contributed by atoms with Crippen LogP contribution in [0.2, 0.25) is 0 Å². The second-order valence-electron chi connectivity index (χ2n) is 5.48. The van der Waals surface area contributed by atoms with Crippen molar-refractivity contribution in [3.05, 3.63) is 29.8 Å². The van der Waals surface area contributed by atoms with Crippen molar-refractivity contribution in [3.63, 3.8) is 0 Å². The molecule has 1 aromatic rings. The fourth-order valence-electron chi connectivity index (χ4n) is 2.96. The third-order valence-electron chi connectivity index (χ3n) is 3.89. The lowest BCUT2D eigenvalue weighted by molar-refractivity contribution is 0.0934. The first-order chi connectivity index (χ1) is 8.72. The maximum Gasteiger partial charge on any atom is 0.122 e. The van der Waals surface area contributed by atoms with Crippen LogP contribution in [0.15, 0.2) is 24.3 Å². The number of ether oxygens (including phenoxy) is 1. The molecule has 0 saturated heterocycles. The summed E-state index contributed by atoms with van der Waals surface area (Å²) >= 11 is 0. The summed E-state index contributed by atoms with van der Waals surface area (Å²) in [4.78, 5) is 0. The van der Waals surface area contributed by atoms with Crippen LogP contribution < -0.4 is 4.74 Å². The fraction of sp³-hybridized carbons (Fsp3) is 0.625. The van der Waals surface area contributed by atoms with Gasteiger partial charge >= 0.3 is 0 Å². The predicted molar refractivity (Wildman–Crippen MR) is 74.0 cm³/mol. The van der Waals surface area contributed by atoms with Crippen molar-refractivity contribution in [3.8, 4) is 5.75 Å². The van der Waals surface area contributed by atoms with Gasteiger partial charge in [-0.3, -0.25) is 0 Å². The Bertz CT molecular complexity index is 375. The number of hydrogen-bond donors (Lipinski definition) is 1. The molecule has 0 saturated carbocycles. The molecule has 2 nitrogen and oxygen atoms in total. The summed E-state index contributed by atoms with van der Waals surface area (Å²) in [5.74, 6) is 1.80. The summed E-state index contributed by atoms with van der Waals surface area (Å²) in [6, 6.07) is 8.12. The van der Waals surface area contributed by atoms with E-state index in [0.29, 0.717) is 5.92 Å². The number of rotatable bonds is 5. The molecule has 2 heteroatoms. The monoisotopic (exact) mass is 248 g/mol. The van der Waals surface area contributed by atoms with Gasteiger partial charge in [-0.05, 0) is 30.4 Å². The van der Waals surface area contributed by atoms with Crippen molar-refractivity contribution in [2.24, 2.45) is 5.92 Å². The average Bonchev–Trinajstić information content (AvgIpc) is 2.38. The fourth-order valence-corrected chi connectivity index (χ4v) is 2.96. The van der Waals surface area contributed by atoms with Crippen LogP contribution in [-0.4, -0.2) is 17.8 Å². The predicted octanol–water partition coefficient (Wildman–Crippen LogP) is 3.74. The van der Waals surface area contributed by atoms with E-state index in [1.165, 1.54) is 18.4 Å². The van der Waals surface area contributed by atoms with Gasteiger partial charge in [-0.15, -0.1) is 0 Å². The van der Waals surface area contributed by atoms with Crippen LogP contribution in [0.25, 0.3) is 0 Å². The molecule has 1 aliphatic heterocycles. The van der Waals surface area contributed by atoms with Crippen LogP contribution in [0.1, 0.15) is 51.0 Å². The van der Waals surface area contributed by atoms with Gasteiger partial charge in [0.1, 0.15) is 5.75 Å². The van der Waals surface area contributed by atoms with Crippen molar-refractivity contribution in [1.29, 1.82) is 0 Å². The third kappa shape index (κ3) is 3.05. The topological polar surface area (TPSA) is 29.5 Å². The Labute approximate surface area is 110 Å². The maximum atomic E-state index is 10.5. The number of fused-ring (bicyclic) bond motifs is 1. The van der Waals surface area contributed by atoms with Gasteiger partial charge < -0.3 is 9.84 Å². The van der Waals surface area contributed by atoms with Crippen molar-refractivity contribution in [1.82, 2.24) is 0 Å². The van der Waals surface area contributed by atoms with Gasteiger partial charge in [0.05, 0.1) is 12.7 Å². The molecule has 0 amide bonds. The van der Waals surface area contributed by atoms with E-state index in [4.69, 9.17) is 4.74 Å². The molecular weight excluding hydrogens is 224 g/mol. The van der Waals surface area contributed by atoms with Crippen LogP contribution in [-0.2, 0) is 0 Å². The highest BCUT2D eigenvalue weighted by Gasteiger charge is 2.28. The summed E-state index contributed by atoms with van der Waals surface area (Å²) in [6.45, 7) is 5.16. The molecule has 18 heavy (non-hydrogen) atoms. The molecule has 100 valence electrons. The van der Waals surface area contributed by atoms with Gasteiger partial charge in [0.15, 0.2) is 0 Å². The Balaban J connectivity index is 2.05. The number of aliphatic hydroxyl groups excluding tert-OH is 1. The zero-order valence-corrected chi connectivity index (χ0v) is 11.4. The second kappa shape index (κ2) is 6.24. The highest BCUT2D eigenvalue weighted by Crippen LogP contribution is 2.37. The molecule has 0 aliphatic carbocycles. The lowest BCUT2D eigenvalue weighted by atomic mass is 9.83. The Kier molecular flexibility index (Phi) is 4.65. The molecule has 3 unspecified atom stereocenters. The molecule has 1 N–H and O–H groups in total. The normalized spacial score (nSPS) is 21.8. The molecule has 2 rings (SSSR count). The third-order valence-corrected chi connectivity index (χ3v) is 3.89. The zero-order chi connectivity index (χ0) is 13.0. The van der Waals surface area contributed by atoms with E-state index >= 15 is 0 Å². The van der Waals surface area contributed by atoms with E-state index in [1.54, 1.807) is 0 Å². The molecule has 0 fully saturated rings. The number of para-hydroxylation sites is 1. The quantitative estimate of drug-likeness (QED) is 0.860. The van der Waals surface area contributed by atoms with Crippen LogP contribution in [0.5, 0.6) is 5.75 Å². The first-order valence-electron chi connectivity index (χ1n) is 7.12. The maximum absolute atomic E-state index is 10.5. The molecule has 0 radical (unpaired) electrons. The van der Waals surface area contributed by atoms with Crippen LogP contribution in [0.4, 0.5) is 0 Å². The van der Waals surface area contributed by atoms with Gasteiger partial charge in [-0.2, -0.15) is 0 Å². The minimum Gasteiger partial charge on any atom is -0.493 e. The van der Waals surface area contributed by atoms with E-state index in [2.05, 4.69) is 19.9 Å². The number of aliphatic hydroxyl groups is 1. The average molecular weight is 248 g/mol. The highest BCUT2D eigenvalue weighted by atomic mass is 16.5. The zero-order valence-electron chi connectivity index (χ0n) is 11.4. The molecule has 1 heterocycles. The summed E-state index contributed by atoms with van der Waals surface area (Å²) in [5.41, 5.74) is 1.18. The van der Waals surface area contributed by atoms with Gasteiger partial charge in [-0.25, -0.2) is 0 Å². The van der Waals surface area contributed by atoms with E-state index < -0.39 is 0 Å². The van der Waals surface area contributed by atoms with Gasteiger partial charge in [0.25, 0.3) is 0 Å². The molecular formula is C16H24O2. The minimum absolute atomic E-state index is 0.239. The van der Waals surface area contributed by atoms with Crippen LogP contribution in [0, 0.1) is 5.92 Å². The molecule has 0 spiro atoms.